The average molecular weight is 487 g/mol. The molecule has 3 rings (SSSR count). The minimum Gasteiger partial charge on any atom is -0.484 e. The third kappa shape index (κ3) is 7.70. The number of carbonyl (C=O) groups excluding carboxylic acids is 2. The molecule has 0 unspecified atom stereocenters. The highest BCUT2D eigenvalue weighted by Crippen LogP contribution is 2.20. The van der Waals surface area contributed by atoms with Gasteiger partial charge in [0.2, 0.25) is 5.91 Å². The van der Waals surface area contributed by atoms with Crippen LogP contribution in [-0.4, -0.2) is 34.9 Å². The second-order valence-corrected chi connectivity index (χ2v) is 10.4. The average Bonchev–Trinajstić information content (AvgIpc) is 2.82. The zero-order chi connectivity index (χ0) is 26.3. The lowest BCUT2D eigenvalue weighted by molar-refractivity contribution is -0.143. The largest absolute Gasteiger partial charge is 0.484 e. The highest BCUT2D eigenvalue weighted by molar-refractivity contribution is 5.89. The zero-order valence-corrected chi connectivity index (χ0v) is 22.3. The minimum absolute atomic E-state index is 0.150. The van der Waals surface area contributed by atoms with Gasteiger partial charge in [0, 0.05) is 18.5 Å². The molecule has 3 aromatic carbocycles. The maximum absolute atomic E-state index is 13.7. The van der Waals surface area contributed by atoms with Gasteiger partial charge in [-0.25, -0.2) is 0 Å². The van der Waals surface area contributed by atoms with Gasteiger partial charge in [-0.3, -0.25) is 9.59 Å². The van der Waals surface area contributed by atoms with Crippen LogP contribution in [0.25, 0.3) is 0 Å². The Morgan fingerprint density at radius 2 is 1.53 bits per heavy atom. The molecule has 5 heteroatoms. The molecular formula is C31H38N2O3. The van der Waals surface area contributed by atoms with Gasteiger partial charge in [0.15, 0.2) is 6.61 Å². The lowest BCUT2D eigenvalue weighted by Crippen LogP contribution is -2.55. The minimum atomic E-state index is -0.693. The number of amides is 2. The van der Waals surface area contributed by atoms with Gasteiger partial charge >= 0.3 is 0 Å². The van der Waals surface area contributed by atoms with Crippen molar-refractivity contribution in [1.29, 1.82) is 0 Å². The van der Waals surface area contributed by atoms with Crippen molar-refractivity contribution < 1.29 is 14.3 Å². The van der Waals surface area contributed by atoms with Crippen LogP contribution in [0.15, 0.2) is 72.8 Å². The van der Waals surface area contributed by atoms with E-state index in [0.29, 0.717) is 18.7 Å². The summed E-state index contributed by atoms with van der Waals surface area (Å²) in [6.45, 7) is 12.1. The van der Waals surface area contributed by atoms with Gasteiger partial charge in [-0.05, 0) is 81.5 Å². The van der Waals surface area contributed by atoms with Gasteiger partial charge in [0.1, 0.15) is 11.8 Å². The van der Waals surface area contributed by atoms with Gasteiger partial charge in [0.05, 0.1) is 0 Å². The van der Waals surface area contributed by atoms with E-state index in [9.17, 15) is 9.59 Å². The second kappa shape index (κ2) is 11.9. The van der Waals surface area contributed by atoms with Gasteiger partial charge in [-0.2, -0.15) is 0 Å². The summed E-state index contributed by atoms with van der Waals surface area (Å²) in [5, 5.41) is 3.09. The molecule has 5 nitrogen and oxygen atoms in total. The van der Waals surface area contributed by atoms with Crippen LogP contribution in [0.1, 0.15) is 48.6 Å². The van der Waals surface area contributed by atoms with Crippen molar-refractivity contribution in [3.8, 4) is 5.75 Å². The Bertz CT molecular complexity index is 1180. The van der Waals surface area contributed by atoms with Gasteiger partial charge in [-0.1, -0.05) is 60.7 Å². The number of hydrogen-bond acceptors (Lipinski definition) is 3. The molecule has 0 fully saturated rings. The van der Waals surface area contributed by atoms with Crippen molar-refractivity contribution in [3.63, 3.8) is 0 Å². The Morgan fingerprint density at radius 3 is 2.17 bits per heavy atom. The first-order valence-electron chi connectivity index (χ1n) is 12.4. The molecule has 0 heterocycles. The molecule has 1 N–H and O–H groups in total. The maximum Gasteiger partial charge on any atom is 0.261 e. The summed E-state index contributed by atoms with van der Waals surface area (Å²) in [7, 11) is 0. The van der Waals surface area contributed by atoms with E-state index in [-0.39, 0.29) is 18.4 Å². The first-order chi connectivity index (χ1) is 17.0. The van der Waals surface area contributed by atoms with Crippen LogP contribution < -0.4 is 10.1 Å². The third-order valence-electron chi connectivity index (χ3n) is 6.21. The number of nitrogens with one attached hydrogen (secondary N) is 1. The first kappa shape index (κ1) is 27.0. The Balaban J connectivity index is 1.94. The van der Waals surface area contributed by atoms with Crippen LogP contribution in [0.4, 0.5) is 0 Å². The van der Waals surface area contributed by atoms with Crippen LogP contribution in [0.5, 0.6) is 5.75 Å². The highest BCUT2D eigenvalue weighted by Gasteiger charge is 2.32. The molecule has 0 saturated heterocycles. The lowest BCUT2D eigenvalue weighted by Gasteiger charge is -2.34. The highest BCUT2D eigenvalue weighted by atomic mass is 16.5. The van der Waals surface area contributed by atoms with Crippen LogP contribution in [0, 0.1) is 20.8 Å². The quantitative estimate of drug-likeness (QED) is 0.432. The number of carbonyl (C=O) groups is 2. The van der Waals surface area contributed by atoms with E-state index in [0.717, 1.165) is 27.8 Å². The number of rotatable bonds is 9. The van der Waals surface area contributed by atoms with Crippen molar-refractivity contribution in [2.45, 2.75) is 66.1 Å². The number of hydrogen-bond donors (Lipinski definition) is 1. The molecule has 0 radical (unpaired) electrons. The van der Waals surface area contributed by atoms with E-state index < -0.39 is 11.6 Å². The number of ether oxygens (including phenoxy) is 1. The van der Waals surface area contributed by atoms with Crippen molar-refractivity contribution in [1.82, 2.24) is 10.2 Å². The molecule has 2 amide bonds. The number of aryl methyl sites for hydroxylation is 3. The summed E-state index contributed by atoms with van der Waals surface area (Å²) >= 11 is 0. The van der Waals surface area contributed by atoms with Crippen molar-refractivity contribution in [2.24, 2.45) is 0 Å². The molecule has 1 atom stereocenters. The second-order valence-electron chi connectivity index (χ2n) is 10.4. The summed E-state index contributed by atoms with van der Waals surface area (Å²) in [4.78, 5) is 29.0. The Labute approximate surface area is 215 Å². The Morgan fingerprint density at radius 1 is 0.861 bits per heavy atom. The molecule has 0 bridgehead atoms. The summed E-state index contributed by atoms with van der Waals surface area (Å²) in [5.74, 6) is 0.224. The van der Waals surface area contributed by atoms with Crippen molar-refractivity contribution >= 4 is 11.8 Å². The SMILES string of the molecule is Cc1ccc(OCC(=O)N(Cc2ccccc2C)[C@H](Cc2ccccc2)C(=O)NC(C)(C)C)cc1C. The third-order valence-corrected chi connectivity index (χ3v) is 6.21. The number of nitrogens with zero attached hydrogens (tertiary/aromatic N) is 1. The summed E-state index contributed by atoms with van der Waals surface area (Å²) in [6, 6.07) is 22.9. The molecule has 3 aromatic rings. The van der Waals surface area contributed by atoms with Gasteiger partial charge < -0.3 is 15.0 Å². The topological polar surface area (TPSA) is 58.6 Å². The Kier molecular flexibility index (Phi) is 8.92. The summed E-state index contributed by atoms with van der Waals surface area (Å²) in [6.07, 6.45) is 0.407. The monoisotopic (exact) mass is 486 g/mol. The summed E-state index contributed by atoms with van der Waals surface area (Å²) < 4.78 is 5.91. The Hall–Kier alpha value is -3.60. The molecule has 0 spiro atoms. The molecule has 0 aliphatic carbocycles. The van der Waals surface area contributed by atoms with E-state index >= 15 is 0 Å². The van der Waals surface area contributed by atoms with Gasteiger partial charge in [-0.15, -0.1) is 0 Å². The standard InChI is InChI=1S/C31H38N2O3/c1-22-16-17-27(18-24(22)3)36-21-29(34)33(20-26-15-11-10-12-23(26)2)28(30(35)32-31(4,5)6)19-25-13-8-7-9-14-25/h7-18,28H,19-21H2,1-6H3,(H,32,35)/t28-/m1/s1. The molecule has 190 valence electrons. The van der Waals surface area contributed by atoms with E-state index in [1.807, 2.05) is 114 Å². The summed E-state index contributed by atoms with van der Waals surface area (Å²) in [5.41, 5.74) is 4.89. The molecule has 0 aromatic heterocycles. The van der Waals surface area contributed by atoms with Crippen LogP contribution in [0.2, 0.25) is 0 Å². The predicted molar refractivity (Wildman–Crippen MR) is 145 cm³/mol. The van der Waals surface area contributed by atoms with Crippen LogP contribution in [-0.2, 0) is 22.6 Å². The molecule has 0 aliphatic rings. The van der Waals surface area contributed by atoms with E-state index in [1.54, 1.807) is 4.90 Å². The molecule has 36 heavy (non-hydrogen) atoms. The molecule has 0 saturated carbocycles. The zero-order valence-electron chi connectivity index (χ0n) is 22.3. The van der Waals surface area contributed by atoms with E-state index in [4.69, 9.17) is 4.74 Å². The van der Waals surface area contributed by atoms with Crippen LogP contribution in [0.3, 0.4) is 0 Å². The normalized spacial score (nSPS) is 12.1. The van der Waals surface area contributed by atoms with Crippen molar-refractivity contribution in [3.05, 3.63) is 101 Å². The molecular weight excluding hydrogens is 448 g/mol. The van der Waals surface area contributed by atoms with Crippen LogP contribution >= 0.6 is 0 Å². The fourth-order valence-electron chi connectivity index (χ4n) is 4.01. The number of benzene rings is 3. The smallest absolute Gasteiger partial charge is 0.261 e. The lowest BCUT2D eigenvalue weighted by atomic mass is 10.00. The van der Waals surface area contributed by atoms with E-state index in [1.165, 1.54) is 0 Å². The van der Waals surface area contributed by atoms with E-state index in [2.05, 4.69) is 5.32 Å². The maximum atomic E-state index is 13.7. The fraction of sp³-hybridized carbons (Fsp3) is 0.355. The first-order valence-corrected chi connectivity index (χ1v) is 12.4. The fourth-order valence-corrected chi connectivity index (χ4v) is 4.01. The van der Waals surface area contributed by atoms with Crippen molar-refractivity contribution in [2.75, 3.05) is 6.61 Å². The molecule has 0 aliphatic heterocycles. The predicted octanol–water partition coefficient (Wildman–Crippen LogP) is 5.55. The van der Waals surface area contributed by atoms with Gasteiger partial charge in [0.25, 0.3) is 5.91 Å².